The van der Waals surface area contributed by atoms with Crippen molar-refractivity contribution in [2.45, 2.75) is 25.7 Å². The summed E-state index contributed by atoms with van der Waals surface area (Å²) in [7, 11) is 0.262. The Balaban J connectivity index is 2.45. The molecule has 68 valence electrons. The number of ketones is 1. The summed E-state index contributed by atoms with van der Waals surface area (Å²) in [6.45, 7) is 0. The maximum absolute atomic E-state index is 11.5. The number of carbonyl (C=O) groups excluding carboxylic acids is 1. The lowest BCUT2D eigenvalue weighted by Gasteiger charge is -2.09. The summed E-state index contributed by atoms with van der Waals surface area (Å²) in [5, 5.41) is 0. The number of allylic oxidation sites excluding steroid dienone is 2. The minimum atomic E-state index is 0.262. The highest BCUT2D eigenvalue weighted by Crippen LogP contribution is 2.18. The van der Waals surface area contributed by atoms with E-state index in [0.717, 1.165) is 24.2 Å². The molecule has 2 heteroatoms. The van der Waals surface area contributed by atoms with Crippen LogP contribution in [0.25, 0.3) is 0 Å². The van der Waals surface area contributed by atoms with Gasteiger partial charge in [-0.2, -0.15) is 0 Å². The molecule has 0 atom stereocenters. The van der Waals surface area contributed by atoms with Crippen LogP contribution in [0.4, 0.5) is 0 Å². The van der Waals surface area contributed by atoms with Gasteiger partial charge < -0.3 is 0 Å². The standard InChI is InChI=1S/C10H17OS/c1-12(2)8-10(11)9-6-4-3-5-7-9/h6H,3-5,7-8H2,1-2H3/q+1. The summed E-state index contributed by atoms with van der Waals surface area (Å²) in [5.74, 6) is 1.15. The molecule has 0 heterocycles. The Hall–Kier alpha value is -0.240. The zero-order chi connectivity index (χ0) is 8.97. The van der Waals surface area contributed by atoms with Crippen molar-refractivity contribution in [3.05, 3.63) is 11.6 Å². The lowest BCUT2D eigenvalue weighted by molar-refractivity contribution is -0.113. The molecule has 0 aromatic rings. The van der Waals surface area contributed by atoms with E-state index in [1.165, 1.54) is 12.8 Å². The first kappa shape index (κ1) is 9.85. The Morgan fingerprint density at radius 1 is 1.50 bits per heavy atom. The van der Waals surface area contributed by atoms with Crippen LogP contribution in [0.3, 0.4) is 0 Å². The van der Waals surface area contributed by atoms with Crippen LogP contribution in [0.2, 0.25) is 0 Å². The molecule has 1 nitrogen and oxygen atoms in total. The number of Topliss-reactive ketones (excluding diaryl/α,β-unsaturated/α-hetero) is 1. The molecule has 0 saturated heterocycles. The van der Waals surface area contributed by atoms with E-state index in [1.54, 1.807) is 0 Å². The molecule has 0 unspecified atom stereocenters. The fraction of sp³-hybridized carbons (Fsp3) is 0.700. The van der Waals surface area contributed by atoms with Crippen LogP contribution in [-0.2, 0) is 15.7 Å². The molecule has 12 heavy (non-hydrogen) atoms. The van der Waals surface area contributed by atoms with Gasteiger partial charge in [0.1, 0.15) is 0 Å². The second-order valence-electron chi connectivity index (χ2n) is 3.53. The Morgan fingerprint density at radius 2 is 2.25 bits per heavy atom. The Kier molecular flexibility index (Phi) is 3.86. The van der Waals surface area contributed by atoms with E-state index in [-0.39, 0.29) is 10.9 Å². The van der Waals surface area contributed by atoms with Gasteiger partial charge in [0.25, 0.3) is 0 Å². The van der Waals surface area contributed by atoms with Gasteiger partial charge in [-0.3, -0.25) is 4.79 Å². The molecule has 1 aliphatic carbocycles. The summed E-state index contributed by atoms with van der Waals surface area (Å²) >= 11 is 0. The van der Waals surface area contributed by atoms with E-state index in [2.05, 4.69) is 18.6 Å². The van der Waals surface area contributed by atoms with Gasteiger partial charge in [-0.1, -0.05) is 6.08 Å². The van der Waals surface area contributed by atoms with Gasteiger partial charge >= 0.3 is 0 Å². The molecule has 0 aromatic carbocycles. The van der Waals surface area contributed by atoms with Crippen molar-refractivity contribution >= 4 is 16.7 Å². The fourth-order valence-electron chi connectivity index (χ4n) is 1.45. The topological polar surface area (TPSA) is 17.1 Å². The van der Waals surface area contributed by atoms with E-state index in [1.807, 2.05) is 0 Å². The first-order valence-electron chi connectivity index (χ1n) is 4.46. The number of carbonyl (C=O) groups is 1. The van der Waals surface area contributed by atoms with Gasteiger partial charge in [0.15, 0.2) is 5.75 Å². The van der Waals surface area contributed by atoms with E-state index in [9.17, 15) is 4.79 Å². The molecule has 0 radical (unpaired) electrons. The van der Waals surface area contributed by atoms with E-state index in [0.29, 0.717) is 5.78 Å². The zero-order valence-corrected chi connectivity index (χ0v) is 8.75. The zero-order valence-electron chi connectivity index (χ0n) is 7.93. The highest BCUT2D eigenvalue weighted by molar-refractivity contribution is 7.96. The predicted molar refractivity (Wildman–Crippen MR) is 55.6 cm³/mol. The van der Waals surface area contributed by atoms with Crippen molar-refractivity contribution in [2.75, 3.05) is 18.3 Å². The van der Waals surface area contributed by atoms with Crippen LogP contribution in [0.1, 0.15) is 25.7 Å². The molecule has 0 aromatic heterocycles. The second kappa shape index (κ2) is 4.70. The summed E-state index contributed by atoms with van der Waals surface area (Å²) in [5.41, 5.74) is 1.10. The van der Waals surface area contributed by atoms with E-state index >= 15 is 0 Å². The normalized spacial score (nSPS) is 17.8. The van der Waals surface area contributed by atoms with Crippen molar-refractivity contribution < 1.29 is 4.79 Å². The molecule has 1 aliphatic rings. The van der Waals surface area contributed by atoms with E-state index < -0.39 is 0 Å². The van der Waals surface area contributed by atoms with Crippen molar-refractivity contribution in [2.24, 2.45) is 0 Å². The van der Waals surface area contributed by atoms with Gasteiger partial charge in [0.05, 0.1) is 12.5 Å². The monoisotopic (exact) mass is 185 g/mol. The average molecular weight is 185 g/mol. The summed E-state index contributed by atoms with van der Waals surface area (Å²) in [6, 6.07) is 0. The first-order chi connectivity index (χ1) is 5.70. The van der Waals surface area contributed by atoms with Gasteiger partial charge in [-0.05, 0) is 42.2 Å². The van der Waals surface area contributed by atoms with Crippen LogP contribution in [0, 0.1) is 0 Å². The lowest BCUT2D eigenvalue weighted by atomic mass is 9.97. The quantitative estimate of drug-likeness (QED) is 0.614. The molecule has 1 rings (SSSR count). The van der Waals surface area contributed by atoms with E-state index in [4.69, 9.17) is 0 Å². The molecule has 0 spiro atoms. The number of hydrogen-bond donors (Lipinski definition) is 0. The largest absolute Gasteiger partial charge is 0.289 e. The van der Waals surface area contributed by atoms with Crippen LogP contribution in [0.5, 0.6) is 0 Å². The smallest absolute Gasteiger partial charge is 0.207 e. The minimum Gasteiger partial charge on any atom is -0.289 e. The maximum Gasteiger partial charge on any atom is 0.207 e. The van der Waals surface area contributed by atoms with Crippen LogP contribution < -0.4 is 0 Å². The molecule has 0 saturated carbocycles. The Bertz CT molecular complexity index is 194. The van der Waals surface area contributed by atoms with Gasteiger partial charge in [-0.15, -0.1) is 0 Å². The Morgan fingerprint density at radius 3 is 2.75 bits per heavy atom. The summed E-state index contributed by atoms with van der Waals surface area (Å²) in [4.78, 5) is 11.5. The van der Waals surface area contributed by atoms with Crippen LogP contribution in [-0.4, -0.2) is 24.0 Å². The van der Waals surface area contributed by atoms with Crippen LogP contribution >= 0.6 is 0 Å². The van der Waals surface area contributed by atoms with Crippen molar-refractivity contribution in [3.63, 3.8) is 0 Å². The van der Waals surface area contributed by atoms with Gasteiger partial charge in [-0.25, -0.2) is 0 Å². The minimum absolute atomic E-state index is 0.262. The molecule has 0 fully saturated rings. The molecule has 0 bridgehead atoms. The van der Waals surface area contributed by atoms with Gasteiger partial charge in [0.2, 0.25) is 5.78 Å². The second-order valence-corrected chi connectivity index (χ2v) is 5.79. The predicted octanol–water partition coefficient (Wildman–Crippen LogP) is 1.93. The third-order valence-corrected chi connectivity index (χ3v) is 2.91. The molecular formula is C10H17OS+. The van der Waals surface area contributed by atoms with Crippen molar-refractivity contribution in [3.8, 4) is 0 Å². The molecule has 0 aliphatic heterocycles. The number of rotatable bonds is 3. The molecule has 0 N–H and O–H groups in total. The third kappa shape index (κ3) is 3.02. The molecular weight excluding hydrogens is 168 g/mol. The number of hydrogen-bond acceptors (Lipinski definition) is 1. The summed E-state index contributed by atoms with van der Waals surface area (Å²) in [6.07, 6.45) is 11.0. The van der Waals surface area contributed by atoms with Gasteiger partial charge in [0, 0.05) is 0 Å². The van der Waals surface area contributed by atoms with Crippen molar-refractivity contribution in [1.82, 2.24) is 0 Å². The molecule has 0 amide bonds. The first-order valence-corrected chi connectivity index (χ1v) is 6.67. The fourth-order valence-corrected chi connectivity index (χ4v) is 2.16. The lowest BCUT2D eigenvalue weighted by Crippen LogP contribution is -2.16. The maximum atomic E-state index is 11.5. The third-order valence-electron chi connectivity index (χ3n) is 2.07. The highest BCUT2D eigenvalue weighted by Gasteiger charge is 2.17. The highest BCUT2D eigenvalue weighted by atomic mass is 32.2. The van der Waals surface area contributed by atoms with Crippen LogP contribution in [0.15, 0.2) is 11.6 Å². The summed E-state index contributed by atoms with van der Waals surface area (Å²) < 4.78 is 0. The average Bonchev–Trinajstić information content (AvgIpc) is 2.05. The Labute approximate surface area is 77.6 Å². The van der Waals surface area contributed by atoms with Crippen molar-refractivity contribution in [1.29, 1.82) is 0 Å². The SMILES string of the molecule is C[S+](C)CC(=O)C1=CCCCC1.